The zero-order valence-corrected chi connectivity index (χ0v) is 9.42. The van der Waals surface area contributed by atoms with Crippen molar-refractivity contribution < 1.29 is 4.79 Å². The molecule has 0 unspecified atom stereocenters. The Labute approximate surface area is 90.1 Å². The van der Waals surface area contributed by atoms with Gasteiger partial charge in [0.15, 0.2) is 0 Å². The minimum atomic E-state index is -0.0122. The van der Waals surface area contributed by atoms with E-state index in [1.807, 2.05) is 33.0 Å². The van der Waals surface area contributed by atoms with Gasteiger partial charge in [-0.2, -0.15) is 0 Å². The number of rotatable bonds is 4. The van der Waals surface area contributed by atoms with Gasteiger partial charge in [-0.25, -0.2) is 4.98 Å². The number of anilines is 1. The molecular weight excluding hydrogens is 190 g/mol. The molecule has 1 aromatic rings. The van der Waals surface area contributed by atoms with Crippen molar-refractivity contribution in [2.75, 3.05) is 18.9 Å². The molecule has 1 aromatic heterocycles. The van der Waals surface area contributed by atoms with Crippen LogP contribution in [0.15, 0.2) is 12.1 Å². The van der Waals surface area contributed by atoms with Gasteiger partial charge in [-0.05, 0) is 38.6 Å². The maximum Gasteiger partial charge on any atom is 0.226 e. The largest absolute Gasteiger partial charge is 0.319 e. The van der Waals surface area contributed by atoms with Crippen molar-refractivity contribution in [2.45, 2.75) is 20.3 Å². The molecule has 0 aliphatic heterocycles. The summed E-state index contributed by atoms with van der Waals surface area (Å²) in [4.78, 5) is 15.6. The molecule has 0 atom stereocenters. The molecule has 0 aliphatic rings. The molecule has 0 fully saturated rings. The number of nitrogens with zero attached hydrogens (tertiary/aromatic N) is 1. The van der Waals surface area contributed by atoms with Crippen LogP contribution in [0.1, 0.15) is 17.7 Å². The lowest BCUT2D eigenvalue weighted by Crippen LogP contribution is -2.19. The molecule has 15 heavy (non-hydrogen) atoms. The lowest BCUT2D eigenvalue weighted by Gasteiger charge is -2.06. The van der Waals surface area contributed by atoms with Gasteiger partial charge in [0.2, 0.25) is 5.91 Å². The van der Waals surface area contributed by atoms with Crippen molar-refractivity contribution in [3.8, 4) is 0 Å². The van der Waals surface area contributed by atoms with E-state index in [0.717, 1.165) is 11.3 Å². The standard InChI is InChI=1S/C11H17N3O/c1-8-6-9(2)13-10(7-8)14-11(15)4-5-12-3/h6-7,12H,4-5H2,1-3H3,(H,13,14,15). The average Bonchev–Trinajstić information content (AvgIpc) is 2.13. The van der Waals surface area contributed by atoms with Crippen molar-refractivity contribution >= 4 is 11.7 Å². The monoisotopic (exact) mass is 207 g/mol. The van der Waals surface area contributed by atoms with Crippen LogP contribution in [-0.4, -0.2) is 24.5 Å². The third kappa shape index (κ3) is 4.08. The number of pyridine rings is 1. The second kappa shape index (κ2) is 5.46. The molecule has 1 rings (SSSR count). The van der Waals surface area contributed by atoms with Gasteiger partial charge in [0.25, 0.3) is 0 Å². The predicted molar refractivity (Wildman–Crippen MR) is 60.9 cm³/mol. The highest BCUT2D eigenvalue weighted by Gasteiger charge is 2.03. The number of carbonyl (C=O) groups is 1. The van der Waals surface area contributed by atoms with Crippen molar-refractivity contribution in [1.82, 2.24) is 10.3 Å². The molecule has 0 bridgehead atoms. The highest BCUT2D eigenvalue weighted by molar-refractivity contribution is 5.89. The maximum absolute atomic E-state index is 11.4. The molecule has 0 radical (unpaired) electrons. The predicted octanol–water partition coefficient (Wildman–Crippen LogP) is 1.25. The fraction of sp³-hybridized carbons (Fsp3) is 0.455. The number of amides is 1. The topological polar surface area (TPSA) is 54.0 Å². The number of carbonyl (C=O) groups excluding carboxylic acids is 1. The van der Waals surface area contributed by atoms with Crippen LogP contribution < -0.4 is 10.6 Å². The number of hydrogen-bond donors (Lipinski definition) is 2. The first-order chi connectivity index (χ1) is 7.11. The first-order valence-electron chi connectivity index (χ1n) is 5.01. The molecule has 0 aliphatic carbocycles. The molecule has 0 saturated heterocycles. The molecule has 82 valence electrons. The zero-order valence-electron chi connectivity index (χ0n) is 9.42. The Kier molecular flexibility index (Phi) is 4.24. The first-order valence-corrected chi connectivity index (χ1v) is 5.01. The summed E-state index contributed by atoms with van der Waals surface area (Å²) in [5.74, 6) is 0.621. The summed E-state index contributed by atoms with van der Waals surface area (Å²) in [6, 6.07) is 3.84. The number of nitrogens with one attached hydrogen (secondary N) is 2. The summed E-state index contributed by atoms with van der Waals surface area (Å²) < 4.78 is 0. The second-order valence-electron chi connectivity index (χ2n) is 3.57. The van der Waals surface area contributed by atoms with Crippen molar-refractivity contribution in [3.63, 3.8) is 0 Å². The van der Waals surface area contributed by atoms with Gasteiger partial charge in [0, 0.05) is 18.7 Å². The van der Waals surface area contributed by atoms with E-state index >= 15 is 0 Å². The molecule has 0 aromatic carbocycles. The van der Waals surface area contributed by atoms with Gasteiger partial charge in [-0.15, -0.1) is 0 Å². The van der Waals surface area contributed by atoms with E-state index in [4.69, 9.17) is 0 Å². The summed E-state index contributed by atoms with van der Waals surface area (Å²) in [6.07, 6.45) is 0.463. The minimum Gasteiger partial charge on any atom is -0.319 e. The van der Waals surface area contributed by atoms with Crippen molar-refractivity contribution in [3.05, 3.63) is 23.4 Å². The van der Waals surface area contributed by atoms with Crippen LogP contribution in [0.3, 0.4) is 0 Å². The van der Waals surface area contributed by atoms with Gasteiger partial charge in [-0.3, -0.25) is 4.79 Å². The lowest BCUT2D eigenvalue weighted by atomic mass is 10.2. The smallest absolute Gasteiger partial charge is 0.226 e. The fourth-order valence-electron chi connectivity index (χ4n) is 1.35. The van der Waals surface area contributed by atoms with E-state index < -0.39 is 0 Å². The Morgan fingerprint density at radius 1 is 1.40 bits per heavy atom. The third-order valence-electron chi connectivity index (χ3n) is 1.97. The Bertz CT molecular complexity index is 329. The van der Waals surface area contributed by atoms with Gasteiger partial charge >= 0.3 is 0 Å². The Balaban J connectivity index is 2.60. The summed E-state index contributed by atoms with van der Waals surface area (Å²) >= 11 is 0. The second-order valence-corrected chi connectivity index (χ2v) is 3.57. The molecule has 2 N–H and O–H groups in total. The average molecular weight is 207 g/mol. The SMILES string of the molecule is CNCCC(=O)Nc1cc(C)cc(C)n1. The minimum absolute atomic E-state index is 0.0122. The van der Waals surface area contributed by atoms with Crippen LogP contribution in [0.4, 0.5) is 5.82 Å². The van der Waals surface area contributed by atoms with E-state index in [-0.39, 0.29) is 5.91 Å². The number of aromatic nitrogens is 1. The van der Waals surface area contributed by atoms with Crippen LogP contribution in [0.2, 0.25) is 0 Å². The third-order valence-corrected chi connectivity index (χ3v) is 1.97. The molecule has 0 spiro atoms. The van der Waals surface area contributed by atoms with Crippen LogP contribution in [0.5, 0.6) is 0 Å². The van der Waals surface area contributed by atoms with E-state index in [1.165, 1.54) is 0 Å². The molecule has 1 heterocycles. The van der Waals surface area contributed by atoms with Gasteiger partial charge in [-0.1, -0.05) is 0 Å². The van der Waals surface area contributed by atoms with Gasteiger partial charge in [0.05, 0.1) is 0 Å². The number of hydrogen-bond acceptors (Lipinski definition) is 3. The molecule has 1 amide bonds. The normalized spacial score (nSPS) is 10.1. The van der Waals surface area contributed by atoms with E-state index in [1.54, 1.807) is 0 Å². The highest BCUT2D eigenvalue weighted by atomic mass is 16.1. The van der Waals surface area contributed by atoms with E-state index in [2.05, 4.69) is 15.6 Å². The van der Waals surface area contributed by atoms with Crippen molar-refractivity contribution in [1.29, 1.82) is 0 Å². The molecule has 4 heteroatoms. The van der Waals surface area contributed by atoms with Crippen LogP contribution in [0.25, 0.3) is 0 Å². The summed E-state index contributed by atoms with van der Waals surface area (Å²) in [5.41, 5.74) is 2.02. The van der Waals surface area contributed by atoms with E-state index in [0.29, 0.717) is 18.8 Å². The Morgan fingerprint density at radius 3 is 2.73 bits per heavy atom. The lowest BCUT2D eigenvalue weighted by molar-refractivity contribution is -0.116. The quantitative estimate of drug-likeness (QED) is 0.781. The van der Waals surface area contributed by atoms with Crippen LogP contribution in [-0.2, 0) is 4.79 Å². The Hall–Kier alpha value is -1.42. The highest BCUT2D eigenvalue weighted by Crippen LogP contribution is 2.08. The van der Waals surface area contributed by atoms with Crippen LogP contribution >= 0.6 is 0 Å². The number of aryl methyl sites for hydroxylation is 2. The summed E-state index contributed by atoms with van der Waals surface area (Å²) in [6.45, 7) is 4.57. The first kappa shape index (κ1) is 11.7. The van der Waals surface area contributed by atoms with E-state index in [9.17, 15) is 4.79 Å². The molecule has 4 nitrogen and oxygen atoms in total. The summed E-state index contributed by atoms with van der Waals surface area (Å²) in [5, 5.41) is 5.69. The maximum atomic E-state index is 11.4. The Morgan fingerprint density at radius 2 is 2.13 bits per heavy atom. The van der Waals surface area contributed by atoms with Gasteiger partial charge < -0.3 is 10.6 Å². The van der Waals surface area contributed by atoms with Gasteiger partial charge in [0.1, 0.15) is 5.82 Å². The fourth-order valence-corrected chi connectivity index (χ4v) is 1.35. The molecular formula is C11H17N3O. The zero-order chi connectivity index (χ0) is 11.3. The van der Waals surface area contributed by atoms with Crippen LogP contribution in [0, 0.1) is 13.8 Å². The summed E-state index contributed by atoms with van der Waals surface area (Å²) in [7, 11) is 1.82. The van der Waals surface area contributed by atoms with Crippen molar-refractivity contribution in [2.24, 2.45) is 0 Å². The molecule has 0 saturated carbocycles.